The first-order chi connectivity index (χ1) is 16.1. The van der Waals surface area contributed by atoms with Gasteiger partial charge in [-0.05, 0) is 12.8 Å². The Morgan fingerprint density at radius 3 is 1.32 bits per heavy atom. The van der Waals surface area contributed by atoms with E-state index in [2.05, 4.69) is 4.89 Å². The molecule has 0 bridgehead atoms. The first kappa shape index (κ1) is 31.8. The number of hydrogen-bond acceptors (Lipinski definition) is 7. The van der Waals surface area contributed by atoms with E-state index in [0.717, 1.165) is 51.4 Å². The molecule has 0 aromatic carbocycles. The summed E-state index contributed by atoms with van der Waals surface area (Å²) in [6.07, 6.45) is 14.1. The van der Waals surface area contributed by atoms with E-state index in [9.17, 15) is 29.4 Å². The molecule has 0 fully saturated rings. The molecular weight excluding hydrogens is 448 g/mol. The van der Waals surface area contributed by atoms with E-state index in [1.807, 2.05) is 0 Å². The Morgan fingerprint density at radius 2 is 1.00 bits per heavy atom. The van der Waals surface area contributed by atoms with Crippen LogP contribution in [0.4, 0.5) is 0 Å². The summed E-state index contributed by atoms with van der Waals surface area (Å²) in [6.45, 7) is 0. The molecule has 0 aromatic rings. The highest BCUT2D eigenvalue weighted by Gasteiger charge is 2.50. The third kappa shape index (κ3) is 14.8. The molecule has 0 aliphatic carbocycles. The van der Waals surface area contributed by atoms with Gasteiger partial charge in [0.1, 0.15) is 5.92 Å². The van der Waals surface area contributed by atoms with Crippen LogP contribution in [0.5, 0.6) is 0 Å². The van der Waals surface area contributed by atoms with E-state index < -0.39 is 41.8 Å². The second-order valence-electron chi connectivity index (χ2n) is 9.00. The molecule has 0 saturated heterocycles. The Morgan fingerprint density at radius 1 is 0.618 bits per heavy atom. The zero-order chi connectivity index (χ0) is 25.8. The van der Waals surface area contributed by atoms with E-state index in [1.165, 1.54) is 32.1 Å². The summed E-state index contributed by atoms with van der Waals surface area (Å²) >= 11 is 0. The number of rotatable bonds is 23. The van der Waals surface area contributed by atoms with Gasteiger partial charge in [-0.15, -0.1) is 0 Å². The van der Waals surface area contributed by atoms with Crippen LogP contribution in [0.25, 0.3) is 0 Å². The first-order valence-corrected chi connectivity index (χ1v) is 12.4. The quantitative estimate of drug-likeness (QED) is 0.0770. The van der Waals surface area contributed by atoms with Gasteiger partial charge < -0.3 is 25.3 Å². The zero-order valence-electron chi connectivity index (χ0n) is 20.1. The molecule has 0 rings (SSSR count). The molecule has 10 nitrogen and oxygen atoms in total. The van der Waals surface area contributed by atoms with E-state index >= 15 is 0 Å². The molecule has 0 heterocycles. The van der Waals surface area contributed by atoms with Crippen molar-refractivity contribution in [2.24, 2.45) is 5.92 Å². The lowest BCUT2D eigenvalue weighted by molar-refractivity contribution is -0.246. The number of carboxylic acids is 3. The number of carbonyl (C=O) groups is 4. The Kier molecular flexibility index (Phi) is 17.9. The topological polar surface area (TPSA) is 179 Å². The first-order valence-electron chi connectivity index (χ1n) is 12.4. The van der Waals surface area contributed by atoms with Crippen LogP contribution in [-0.2, 0) is 24.1 Å². The minimum Gasteiger partial charge on any atom is -0.481 e. The Hall–Kier alpha value is -2.20. The highest BCUT2D eigenvalue weighted by Crippen LogP contribution is 2.29. The predicted molar refractivity (Wildman–Crippen MR) is 123 cm³/mol. The second kappa shape index (κ2) is 19.1. The molecule has 0 saturated carbocycles. The Labute approximate surface area is 201 Å². The fraction of sp³-hybridized carbons (Fsp3) is 0.833. The van der Waals surface area contributed by atoms with Crippen molar-refractivity contribution in [3.8, 4) is 0 Å². The van der Waals surface area contributed by atoms with E-state index in [0.29, 0.717) is 12.8 Å². The fourth-order valence-corrected chi connectivity index (χ4v) is 4.12. The maximum Gasteiger partial charge on any atom is 0.348 e. The number of unbranched alkanes of at least 4 members (excludes halogenated alkanes) is 14. The molecule has 10 heteroatoms. The predicted octanol–water partition coefficient (Wildman–Crippen LogP) is 4.63. The molecule has 5 N–H and O–H groups in total. The van der Waals surface area contributed by atoms with Gasteiger partial charge >= 0.3 is 23.9 Å². The lowest BCUT2D eigenvalue weighted by atomic mass is 9.81. The molecular formula is C24H42O10. The van der Waals surface area contributed by atoms with Crippen molar-refractivity contribution in [1.82, 2.24) is 0 Å². The SMILES string of the molecule is O=C(O)CCCCCCCCCCCCCCCCCC(C(=O)OO)C(O)(CC(=O)O)C(=O)O. The van der Waals surface area contributed by atoms with Crippen LogP contribution < -0.4 is 0 Å². The number of carboxylic acid groups (broad SMARTS) is 3. The van der Waals surface area contributed by atoms with Crippen molar-refractivity contribution in [2.45, 2.75) is 121 Å². The van der Waals surface area contributed by atoms with Crippen LogP contribution >= 0.6 is 0 Å². The van der Waals surface area contributed by atoms with Crippen molar-refractivity contribution >= 4 is 23.9 Å². The van der Waals surface area contributed by atoms with Crippen molar-refractivity contribution in [2.75, 3.05) is 0 Å². The van der Waals surface area contributed by atoms with Crippen LogP contribution in [0.15, 0.2) is 0 Å². The minimum atomic E-state index is -2.84. The number of hydrogen-bond donors (Lipinski definition) is 5. The largest absolute Gasteiger partial charge is 0.481 e. The van der Waals surface area contributed by atoms with Crippen LogP contribution in [0.2, 0.25) is 0 Å². The second-order valence-corrected chi connectivity index (χ2v) is 9.00. The molecule has 198 valence electrons. The summed E-state index contributed by atoms with van der Waals surface area (Å²) in [5.41, 5.74) is -2.84. The number of aliphatic hydroxyl groups is 1. The third-order valence-electron chi connectivity index (χ3n) is 6.13. The molecule has 34 heavy (non-hydrogen) atoms. The molecule has 2 atom stereocenters. The molecule has 0 aliphatic rings. The van der Waals surface area contributed by atoms with E-state index in [1.54, 1.807) is 0 Å². The molecule has 0 amide bonds. The molecule has 0 spiro atoms. The summed E-state index contributed by atoms with van der Waals surface area (Å²) in [7, 11) is 0. The molecule has 0 radical (unpaired) electrons. The van der Waals surface area contributed by atoms with Crippen LogP contribution in [0.1, 0.15) is 116 Å². The van der Waals surface area contributed by atoms with Gasteiger partial charge in [-0.1, -0.05) is 89.9 Å². The van der Waals surface area contributed by atoms with Gasteiger partial charge in [0.05, 0.1) is 6.42 Å². The highest BCUT2D eigenvalue weighted by atomic mass is 17.1. The van der Waals surface area contributed by atoms with Crippen LogP contribution in [0.3, 0.4) is 0 Å². The van der Waals surface area contributed by atoms with Gasteiger partial charge in [-0.3, -0.25) is 9.59 Å². The van der Waals surface area contributed by atoms with Crippen molar-refractivity contribution in [3.05, 3.63) is 0 Å². The lowest BCUT2D eigenvalue weighted by Gasteiger charge is -2.28. The van der Waals surface area contributed by atoms with Gasteiger partial charge in [0.2, 0.25) is 0 Å². The minimum absolute atomic E-state index is 0.102. The monoisotopic (exact) mass is 490 g/mol. The summed E-state index contributed by atoms with van der Waals surface area (Å²) in [5.74, 6) is -7.17. The van der Waals surface area contributed by atoms with Gasteiger partial charge in [-0.25, -0.2) is 9.59 Å². The van der Waals surface area contributed by atoms with Gasteiger partial charge in [-0.2, -0.15) is 5.26 Å². The maximum absolute atomic E-state index is 11.8. The van der Waals surface area contributed by atoms with Crippen molar-refractivity contribution < 1.29 is 49.7 Å². The lowest BCUT2D eigenvalue weighted by Crippen LogP contribution is -2.51. The zero-order valence-corrected chi connectivity index (χ0v) is 20.1. The Bertz CT molecular complexity index is 607. The standard InChI is InChI=1S/C24H42O10/c25-20(26)17-15-13-11-9-7-5-3-1-2-4-6-8-10-12-14-16-19(22(29)34-33)24(32,23(30)31)18-21(27)28/h19,32-33H,1-18H2,(H,25,26)(H,27,28)(H,30,31). The van der Waals surface area contributed by atoms with Crippen molar-refractivity contribution in [3.63, 3.8) is 0 Å². The molecule has 2 unspecified atom stereocenters. The van der Waals surface area contributed by atoms with Gasteiger partial charge in [0.15, 0.2) is 5.60 Å². The number of aliphatic carboxylic acids is 3. The normalized spacial score (nSPS) is 13.7. The fourth-order valence-electron chi connectivity index (χ4n) is 4.12. The van der Waals surface area contributed by atoms with E-state index in [4.69, 9.17) is 15.5 Å². The van der Waals surface area contributed by atoms with E-state index in [-0.39, 0.29) is 12.8 Å². The maximum atomic E-state index is 11.8. The third-order valence-corrected chi connectivity index (χ3v) is 6.13. The molecule has 0 aliphatic heterocycles. The van der Waals surface area contributed by atoms with Gasteiger partial charge in [0.25, 0.3) is 0 Å². The summed E-state index contributed by atoms with van der Waals surface area (Å²) in [5, 5.41) is 45.5. The average molecular weight is 491 g/mol. The summed E-state index contributed by atoms with van der Waals surface area (Å²) < 4.78 is 0. The van der Waals surface area contributed by atoms with Crippen LogP contribution in [0, 0.1) is 5.92 Å². The smallest absolute Gasteiger partial charge is 0.348 e. The van der Waals surface area contributed by atoms with Gasteiger partial charge in [0, 0.05) is 6.42 Å². The average Bonchev–Trinajstić information content (AvgIpc) is 2.76. The van der Waals surface area contributed by atoms with Crippen LogP contribution in [-0.4, -0.2) is 55.2 Å². The Balaban J connectivity index is 3.85. The summed E-state index contributed by atoms with van der Waals surface area (Å²) in [6, 6.07) is 0. The highest BCUT2D eigenvalue weighted by molar-refractivity contribution is 5.90. The number of carbonyl (C=O) groups excluding carboxylic acids is 1. The molecule has 0 aromatic heterocycles. The summed E-state index contributed by atoms with van der Waals surface area (Å²) in [4.78, 5) is 48.1. The van der Waals surface area contributed by atoms with Crippen molar-refractivity contribution in [1.29, 1.82) is 0 Å².